The third-order valence-corrected chi connectivity index (χ3v) is 2.91. The van der Waals surface area contributed by atoms with Gasteiger partial charge in [-0.1, -0.05) is 6.07 Å². The Morgan fingerprint density at radius 2 is 2.11 bits per heavy atom. The van der Waals surface area contributed by atoms with Crippen LogP contribution in [0.1, 0.15) is 5.56 Å². The first-order chi connectivity index (χ1) is 8.74. The van der Waals surface area contributed by atoms with Crippen molar-refractivity contribution in [2.24, 2.45) is 0 Å². The SMILES string of the molecule is Cc1ccc(Nc2ccnc3[nH]ccc23)cc1F. The molecule has 3 aromatic rings. The zero-order chi connectivity index (χ0) is 12.5. The summed E-state index contributed by atoms with van der Waals surface area (Å²) in [4.78, 5) is 7.25. The lowest BCUT2D eigenvalue weighted by Gasteiger charge is -2.08. The second kappa shape index (κ2) is 4.14. The van der Waals surface area contributed by atoms with Crippen molar-refractivity contribution in [3.05, 3.63) is 54.1 Å². The molecule has 0 unspecified atom stereocenters. The van der Waals surface area contributed by atoms with Crippen molar-refractivity contribution in [2.45, 2.75) is 6.92 Å². The fourth-order valence-electron chi connectivity index (χ4n) is 1.90. The maximum Gasteiger partial charge on any atom is 0.139 e. The fourth-order valence-corrected chi connectivity index (χ4v) is 1.90. The number of aromatic amines is 1. The maximum atomic E-state index is 13.5. The van der Waals surface area contributed by atoms with Crippen LogP contribution < -0.4 is 5.32 Å². The van der Waals surface area contributed by atoms with Crippen molar-refractivity contribution in [3.63, 3.8) is 0 Å². The number of hydrogen-bond donors (Lipinski definition) is 2. The summed E-state index contributed by atoms with van der Waals surface area (Å²) in [7, 11) is 0. The molecule has 0 fully saturated rings. The van der Waals surface area contributed by atoms with Crippen LogP contribution in [0.5, 0.6) is 0 Å². The van der Waals surface area contributed by atoms with Gasteiger partial charge in [0.2, 0.25) is 0 Å². The van der Waals surface area contributed by atoms with Gasteiger partial charge in [0.1, 0.15) is 11.5 Å². The third-order valence-electron chi connectivity index (χ3n) is 2.91. The molecule has 0 amide bonds. The molecule has 0 bridgehead atoms. The molecule has 0 radical (unpaired) electrons. The summed E-state index contributed by atoms with van der Waals surface area (Å²) < 4.78 is 13.5. The Morgan fingerprint density at radius 3 is 2.94 bits per heavy atom. The maximum absolute atomic E-state index is 13.5. The number of nitrogens with one attached hydrogen (secondary N) is 2. The van der Waals surface area contributed by atoms with Crippen molar-refractivity contribution in [1.82, 2.24) is 9.97 Å². The molecule has 2 aromatic heterocycles. The molecule has 3 rings (SSSR count). The molecule has 0 spiro atoms. The van der Waals surface area contributed by atoms with Crippen molar-refractivity contribution in [1.29, 1.82) is 0 Å². The third kappa shape index (κ3) is 1.82. The van der Waals surface area contributed by atoms with Crippen LogP contribution in [0.25, 0.3) is 11.0 Å². The van der Waals surface area contributed by atoms with Crippen LogP contribution in [0.15, 0.2) is 42.7 Å². The van der Waals surface area contributed by atoms with E-state index in [1.807, 2.05) is 24.4 Å². The van der Waals surface area contributed by atoms with Gasteiger partial charge in [0, 0.05) is 23.5 Å². The first kappa shape index (κ1) is 10.8. The number of hydrogen-bond acceptors (Lipinski definition) is 2. The summed E-state index contributed by atoms with van der Waals surface area (Å²) in [5.41, 5.74) is 3.09. The summed E-state index contributed by atoms with van der Waals surface area (Å²) in [6, 6.07) is 8.92. The van der Waals surface area contributed by atoms with Gasteiger partial charge in [-0.3, -0.25) is 0 Å². The number of halogens is 1. The molecule has 0 saturated carbocycles. The Morgan fingerprint density at radius 1 is 1.22 bits per heavy atom. The lowest BCUT2D eigenvalue weighted by molar-refractivity contribution is 0.619. The van der Waals surface area contributed by atoms with Crippen molar-refractivity contribution < 1.29 is 4.39 Å². The van der Waals surface area contributed by atoms with E-state index in [-0.39, 0.29) is 5.82 Å². The average molecular weight is 241 g/mol. The van der Waals surface area contributed by atoms with E-state index in [9.17, 15) is 4.39 Å². The first-order valence-electron chi connectivity index (χ1n) is 5.69. The van der Waals surface area contributed by atoms with Gasteiger partial charge >= 0.3 is 0 Å². The zero-order valence-electron chi connectivity index (χ0n) is 9.87. The van der Waals surface area contributed by atoms with E-state index in [4.69, 9.17) is 0 Å². The second-order valence-corrected chi connectivity index (χ2v) is 4.19. The number of H-pyrrole nitrogens is 1. The lowest BCUT2D eigenvalue weighted by Crippen LogP contribution is -1.93. The van der Waals surface area contributed by atoms with Gasteiger partial charge in [-0.15, -0.1) is 0 Å². The zero-order valence-corrected chi connectivity index (χ0v) is 9.87. The van der Waals surface area contributed by atoms with E-state index < -0.39 is 0 Å². The van der Waals surface area contributed by atoms with Gasteiger partial charge in [0.15, 0.2) is 0 Å². The Bertz CT molecular complexity index is 703. The Balaban J connectivity index is 2.01. The molecule has 0 aliphatic rings. The van der Waals surface area contributed by atoms with Crippen LogP contribution >= 0.6 is 0 Å². The van der Waals surface area contributed by atoms with E-state index in [1.54, 1.807) is 19.2 Å². The van der Waals surface area contributed by atoms with Crippen LogP contribution in [0.2, 0.25) is 0 Å². The van der Waals surface area contributed by atoms with Crippen LogP contribution in [-0.4, -0.2) is 9.97 Å². The Hall–Kier alpha value is -2.36. The highest BCUT2D eigenvalue weighted by Gasteiger charge is 2.04. The van der Waals surface area contributed by atoms with Gasteiger partial charge in [0.25, 0.3) is 0 Å². The summed E-state index contributed by atoms with van der Waals surface area (Å²) in [5, 5.41) is 4.19. The van der Waals surface area contributed by atoms with E-state index in [1.165, 1.54) is 6.07 Å². The summed E-state index contributed by atoms with van der Waals surface area (Å²) in [5.74, 6) is -0.209. The number of nitrogens with zero attached hydrogens (tertiary/aromatic N) is 1. The number of anilines is 2. The number of pyridine rings is 1. The molecular formula is C14H12FN3. The highest BCUT2D eigenvalue weighted by molar-refractivity contribution is 5.91. The van der Waals surface area contributed by atoms with E-state index >= 15 is 0 Å². The predicted octanol–water partition coefficient (Wildman–Crippen LogP) is 3.75. The van der Waals surface area contributed by atoms with Crippen LogP contribution in [0, 0.1) is 12.7 Å². The lowest BCUT2D eigenvalue weighted by atomic mass is 10.2. The molecule has 0 saturated heterocycles. The van der Waals surface area contributed by atoms with Crippen LogP contribution in [-0.2, 0) is 0 Å². The Labute approximate surface area is 104 Å². The predicted molar refractivity (Wildman–Crippen MR) is 70.5 cm³/mol. The standard InChI is InChI=1S/C14H12FN3/c1-9-2-3-10(8-12(9)15)18-13-5-7-17-14-11(13)4-6-16-14/h2-8H,1H3,(H2,16,17,18). The summed E-state index contributed by atoms with van der Waals surface area (Å²) >= 11 is 0. The van der Waals surface area contributed by atoms with Crippen molar-refractivity contribution in [3.8, 4) is 0 Å². The monoisotopic (exact) mass is 241 g/mol. The number of benzene rings is 1. The number of aryl methyl sites for hydroxylation is 1. The number of rotatable bonds is 2. The topological polar surface area (TPSA) is 40.7 Å². The van der Waals surface area contributed by atoms with E-state index in [2.05, 4.69) is 15.3 Å². The largest absolute Gasteiger partial charge is 0.355 e. The molecule has 2 heterocycles. The summed E-state index contributed by atoms with van der Waals surface area (Å²) in [6.07, 6.45) is 3.55. The molecular weight excluding hydrogens is 229 g/mol. The van der Waals surface area contributed by atoms with Crippen LogP contribution in [0.3, 0.4) is 0 Å². The smallest absolute Gasteiger partial charge is 0.139 e. The molecule has 4 heteroatoms. The molecule has 2 N–H and O–H groups in total. The van der Waals surface area contributed by atoms with Gasteiger partial charge in [-0.2, -0.15) is 0 Å². The van der Waals surface area contributed by atoms with Crippen molar-refractivity contribution in [2.75, 3.05) is 5.32 Å². The molecule has 0 aliphatic heterocycles. The van der Waals surface area contributed by atoms with E-state index in [0.29, 0.717) is 5.56 Å². The quantitative estimate of drug-likeness (QED) is 0.717. The van der Waals surface area contributed by atoms with Gasteiger partial charge in [-0.05, 0) is 36.8 Å². The minimum atomic E-state index is -0.209. The molecule has 0 aliphatic carbocycles. The fraction of sp³-hybridized carbons (Fsp3) is 0.0714. The molecule has 18 heavy (non-hydrogen) atoms. The van der Waals surface area contributed by atoms with Gasteiger partial charge in [0.05, 0.1) is 5.69 Å². The Kier molecular flexibility index (Phi) is 2.48. The normalized spacial score (nSPS) is 10.8. The van der Waals surface area contributed by atoms with Crippen LogP contribution in [0.4, 0.5) is 15.8 Å². The number of aromatic nitrogens is 2. The molecule has 1 aromatic carbocycles. The molecule has 0 atom stereocenters. The summed E-state index contributed by atoms with van der Waals surface area (Å²) in [6.45, 7) is 1.75. The minimum absolute atomic E-state index is 0.209. The first-order valence-corrected chi connectivity index (χ1v) is 5.69. The van der Waals surface area contributed by atoms with Gasteiger partial charge < -0.3 is 10.3 Å². The minimum Gasteiger partial charge on any atom is -0.355 e. The van der Waals surface area contributed by atoms with Gasteiger partial charge in [-0.25, -0.2) is 9.37 Å². The molecule has 90 valence electrons. The average Bonchev–Trinajstić information content (AvgIpc) is 2.83. The number of fused-ring (bicyclic) bond motifs is 1. The molecule has 3 nitrogen and oxygen atoms in total. The van der Waals surface area contributed by atoms with E-state index in [0.717, 1.165) is 22.4 Å². The van der Waals surface area contributed by atoms with Crippen molar-refractivity contribution >= 4 is 22.4 Å². The highest BCUT2D eigenvalue weighted by atomic mass is 19.1. The highest BCUT2D eigenvalue weighted by Crippen LogP contribution is 2.25. The second-order valence-electron chi connectivity index (χ2n) is 4.19.